The Morgan fingerprint density at radius 3 is 2.74 bits per heavy atom. The molecule has 0 unspecified atom stereocenters. The highest BCUT2D eigenvalue weighted by atomic mass is 35.5. The van der Waals surface area contributed by atoms with Crippen molar-refractivity contribution in [2.45, 2.75) is 33.2 Å². The highest BCUT2D eigenvalue weighted by Gasteiger charge is 2.10. The second-order valence-electron chi connectivity index (χ2n) is 5.62. The topological polar surface area (TPSA) is 66.9 Å². The molecule has 0 radical (unpaired) electrons. The Balaban J connectivity index is 1.96. The number of carbonyl (C=O) groups excluding carboxylic acids is 1. The quantitative estimate of drug-likeness (QED) is 0.852. The number of aromatic nitrogens is 2. The lowest BCUT2D eigenvalue weighted by atomic mass is 10.1. The van der Waals surface area contributed by atoms with Crippen molar-refractivity contribution in [1.29, 1.82) is 0 Å². The zero-order valence-electron chi connectivity index (χ0n) is 13.6. The molecule has 1 amide bonds. The van der Waals surface area contributed by atoms with E-state index in [0.717, 1.165) is 5.56 Å². The van der Waals surface area contributed by atoms with E-state index in [0.29, 0.717) is 35.3 Å². The third-order valence-corrected chi connectivity index (χ3v) is 3.33. The maximum Gasteiger partial charge on any atom is 0.270 e. The standard InChI is InChI=1S/C17H21ClN4O/c1-11(2)20-16-10-15(21-12(3)22-16)17(23)19-8-7-13-5-4-6-14(18)9-13/h4-6,9-11H,7-8H2,1-3H3,(H,19,23)(H,20,21,22). The molecule has 1 aromatic carbocycles. The van der Waals surface area contributed by atoms with Crippen LogP contribution in [0.25, 0.3) is 0 Å². The third-order valence-electron chi connectivity index (χ3n) is 3.10. The molecular formula is C17H21ClN4O. The summed E-state index contributed by atoms with van der Waals surface area (Å²) in [5.74, 6) is 1.02. The predicted octanol–water partition coefficient (Wildman–Crippen LogP) is 3.23. The minimum atomic E-state index is -0.204. The van der Waals surface area contributed by atoms with Gasteiger partial charge in [-0.2, -0.15) is 0 Å². The molecule has 0 spiro atoms. The minimum absolute atomic E-state index is 0.204. The first-order valence-electron chi connectivity index (χ1n) is 7.59. The Labute approximate surface area is 141 Å². The molecule has 0 saturated heterocycles. The number of rotatable bonds is 6. The zero-order valence-corrected chi connectivity index (χ0v) is 14.3. The van der Waals surface area contributed by atoms with Gasteiger partial charge in [0, 0.05) is 23.7 Å². The van der Waals surface area contributed by atoms with Crippen molar-refractivity contribution in [1.82, 2.24) is 15.3 Å². The minimum Gasteiger partial charge on any atom is -0.368 e. The van der Waals surface area contributed by atoms with Crippen molar-refractivity contribution in [3.63, 3.8) is 0 Å². The maximum absolute atomic E-state index is 12.2. The van der Waals surface area contributed by atoms with Crippen LogP contribution in [0.15, 0.2) is 30.3 Å². The van der Waals surface area contributed by atoms with Crippen molar-refractivity contribution in [2.75, 3.05) is 11.9 Å². The fraction of sp³-hybridized carbons (Fsp3) is 0.353. The van der Waals surface area contributed by atoms with Crippen LogP contribution in [0.4, 0.5) is 5.82 Å². The third kappa shape index (κ3) is 5.53. The van der Waals surface area contributed by atoms with Gasteiger partial charge in [-0.1, -0.05) is 23.7 Å². The summed E-state index contributed by atoms with van der Waals surface area (Å²) in [5.41, 5.74) is 1.45. The van der Waals surface area contributed by atoms with Gasteiger partial charge in [0.1, 0.15) is 17.3 Å². The van der Waals surface area contributed by atoms with Gasteiger partial charge in [-0.15, -0.1) is 0 Å². The summed E-state index contributed by atoms with van der Waals surface area (Å²) in [6.45, 7) is 6.33. The normalized spacial score (nSPS) is 10.7. The Hall–Kier alpha value is -2.14. The summed E-state index contributed by atoms with van der Waals surface area (Å²) < 4.78 is 0. The predicted molar refractivity (Wildman–Crippen MR) is 93.0 cm³/mol. The summed E-state index contributed by atoms with van der Waals surface area (Å²) in [7, 11) is 0. The van der Waals surface area contributed by atoms with Crippen molar-refractivity contribution < 1.29 is 4.79 Å². The average molecular weight is 333 g/mol. The highest BCUT2D eigenvalue weighted by Crippen LogP contribution is 2.11. The van der Waals surface area contributed by atoms with Gasteiger partial charge in [-0.25, -0.2) is 9.97 Å². The van der Waals surface area contributed by atoms with E-state index in [4.69, 9.17) is 11.6 Å². The smallest absolute Gasteiger partial charge is 0.270 e. The van der Waals surface area contributed by atoms with Crippen LogP contribution in [0.2, 0.25) is 5.02 Å². The molecule has 0 aliphatic heterocycles. The molecule has 0 fully saturated rings. The number of hydrogen-bond donors (Lipinski definition) is 2. The number of carbonyl (C=O) groups is 1. The number of benzene rings is 1. The molecule has 0 aliphatic carbocycles. The van der Waals surface area contributed by atoms with E-state index in [-0.39, 0.29) is 11.9 Å². The largest absolute Gasteiger partial charge is 0.368 e. The van der Waals surface area contributed by atoms with Crippen molar-refractivity contribution in [3.8, 4) is 0 Å². The molecule has 6 heteroatoms. The molecular weight excluding hydrogens is 312 g/mol. The molecule has 0 aliphatic rings. The first kappa shape index (κ1) is 17.2. The fourth-order valence-corrected chi connectivity index (χ4v) is 2.37. The molecule has 5 nitrogen and oxygen atoms in total. The second kappa shape index (κ2) is 7.92. The summed E-state index contributed by atoms with van der Waals surface area (Å²) in [6.07, 6.45) is 0.716. The fourth-order valence-electron chi connectivity index (χ4n) is 2.16. The van der Waals surface area contributed by atoms with Crippen molar-refractivity contribution >= 4 is 23.3 Å². The Kier molecular flexibility index (Phi) is 5.93. The Morgan fingerprint density at radius 2 is 2.04 bits per heavy atom. The van der Waals surface area contributed by atoms with Gasteiger partial charge >= 0.3 is 0 Å². The van der Waals surface area contributed by atoms with Gasteiger partial charge in [0.05, 0.1) is 0 Å². The van der Waals surface area contributed by atoms with Crippen LogP contribution in [0.3, 0.4) is 0 Å². The summed E-state index contributed by atoms with van der Waals surface area (Å²) in [5, 5.41) is 6.76. The molecule has 2 rings (SSSR count). The second-order valence-corrected chi connectivity index (χ2v) is 6.06. The van der Waals surface area contributed by atoms with Crippen LogP contribution in [0.1, 0.15) is 35.7 Å². The summed E-state index contributed by atoms with van der Waals surface area (Å²) in [6, 6.07) is 9.52. The van der Waals surface area contributed by atoms with Gasteiger partial charge in [-0.3, -0.25) is 4.79 Å². The lowest BCUT2D eigenvalue weighted by Crippen LogP contribution is -2.27. The number of nitrogens with one attached hydrogen (secondary N) is 2. The van der Waals surface area contributed by atoms with Crippen LogP contribution < -0.4 is 10.6 Å². The average Bonchev–Trinajstić information content (AvgIpc) is 2.45. The Bertz CT molecular complexity index is 688. The van der Waals surface area contributed by atoms with Gasteiger partial charge in [0.25, 0.3) is 5.91 Å². The van der Waals surface area contributed by atoms with E-state index < -0.39 is 0 Å². The number of hydrogen-bond acceptors (Lipinski definition) is 4. The van der Waals surface area contributed by atoms with Gasteiger partial charge in [-0.05, 0) is 44.9 Å². The van der Waals surface area contributed by atoms with Crippen LogP contribution in [-0.2, 0) is 6.42 Å². The molecule has 2 aromatic rings. The first-order valence-corrected chi connectivity index (χ1v) is 7.96. The van der Waals surface area contributed by atoms with E-state index in [1.807, 2.05) is 38.1 Å². The Morgan fingerprint density at radius 1 is 1.26 bits per heavy atom. The zero-order chi connectivity index (χ0) is 16.8. The van der Waals surface area contributed by atoms with Crippen molar-refractivity contribution in [3.05, 3.63) is 52.4 Å². The monoisotopic (exact) mass is 332 g/mol. The van der Waals surface area contributed by atoms with E-state index in [9.17, 15) is 4.79 Å². The van der Waals surface area contributed by atoms with Crippen LogP contribution in [0.5, 0.6) is 0 Å². The molecule has 1 heterocycles. The number of amides is 1. The lowest BCUT2D eigenvalue weighted by molar-refractivity contribution is 0.0949. The molecule has 0 saturated carbocycles. The highest BCUT2D eigenvalue weighted by molar-refractivity contribution is 6.30. The number of anilines is 1. The van der Waals surface area contributed by atoms with Crippen LogP contribution in [0, 0.1) is 6.92 Å². The van der Waals surface area contributed by atoms with Crippen LogP contribution in [-0.4, -0.2) is 28.5 Å². The lowest BCUT2D eigenvalue weighted by Gasteiger charge is -2.11. The SMILES string of the molecule is Cc1nc(NC(C)C)cc(C(=O)NCCc2cccc(Cl)c2)n1. The molecule has 1 aromatic heterocycles. The molecule has 2 N–H and O–H groups in total. The molecule has 23 heavy (non-hydrogen) atoms. The van der Waals surface area contributed by atoms with Gasteiger partial charge < -0.3 is 10.6 Å². The number of aryl methyl sites for hydroxylation is 1. The first-order chi connectivity index (χ1) is 10.9. The van der Waals surface area contributed by atoms with E-state index in [1.165, 1.54) is 0 Å². The van der Waals surface area contributed by atoms with Gasteiger partial charge in [0.15, 0.2) is 0 Å². The molecule has 122 valence electrons. The van der Waals surface area contributed by atoms with Crippen LogP contribution >= 0.6 is 11.6 Å². The van der Waals surface area contributed by atoms with Gasteiger partial charge in [0.2, 0.25) is 0 Å². The number of halogens is 1. The maximum atomic E-state index is 12.2. The van der Waals surface area contributed by atoms with Crippen molar-refractivity contribution in [2.24, 2.45) is 0 Å². The van der Waals surface area contributed by atoms with E-state index in [2.05, 4.69) is 20.6 Å². The molecule has 0 atom stereocenters. The summed E-state index contributed by atoms with van der Waals surface area (Å²) >= 11 is 5.95. The summed E-state index contributed by atoms with van der Waals surface area (Å²) in [4.78, 5) is 20.7. The van der Waals surface area contributed by atoms with E-state index in [1.54, 1.807) is 13.0 Å². The number of nitrogens with zero attached hydrogens (tertiary/aromatic N) is 2. The molecule has 0 bridgehead atoms. The van der Waals surface area contributed by atoms with E-state index >= 15 is 0 Å².